The summed E-state index contributed by atoms with van der Waals surface area (Å²) in [4.78, 5) is 0. The molecule has 7 rings (SSSR count). The Morgan fingerprint density at radius 2 is 0.846 bits per heavy atom. The van der Waals surface area contributed by atoms with Crippen molar-refractivity contribution in [2.75, 3.05) is 0 Å². The molecule has 0 radical (unpaired) electrons. The summed E-state index contributed by atoms with van der Waals surface area (Å²) in [5.74, 6) is 0. The molecule has 0 spiro atoms. The number of fused-ring (bicyclic) bond motifs is 2. The summed E-state index contributed by atoms with van der Waals surface area (Å²) in [5, 5.41) is 0. The first kappa shape index (κ1) is 40.6. The Balaban J connectivity index is 0.00000261. The first-order valence-corrected chi connectivity index (χ1v) is 26.6. The van der Waals surface area contributed by atoms with Crippen LogP contribution >= 0.6 is 0 Å². The van der Waals surface area contributed by atoms with Gasteiger partial charge >= 0.3 is 297 Å². The third kappa shape index (κ3) is 6.92. The Labute approximate surface area is 320 Å². The Kier molecular flexibility index (Phi) is 10.9. The van der Waals surface area contributed by atoms with Crippen molar-refractivity contribution in [1.82, 2.24) is 0 Å². The van der Waals surface area contributed by atoms with E-state index in [0.29, 0.717) is 7.35 Å². The third-order valence-electron chi connectivity index (χ3n) is 11.3. The molecule has 274 valence electrons. The van der Waals surface area contributed by atoms with Crippen molar-refractivity contribution in [3.63, 3.8) is 0 Å². The van der Waals surface area contributed by atoms with E-state index in [-0.39, 0.29) is 35.6 Å². The molecule has 2 aliphatic carbocycles. The Bertz CT molecular complexity index is 1880. The molecule has 1 heterocycles. The van der Waals surface area contributed by atoms with Crippen molar-refractivity contribution in [2.24, 2.45) is 10.8 Å². The quantitative estimate of drug-likeness (QED) is 0.144. The molecule has 0 amide bonds. The van der Waals surface area contributed by atoms with Gasteiger partial charge in [0, 0.05) is 0 Å². The number of halogens is 8. The van der Waals surface area contributed by atoms with Gasteiger partial charge in [0.15, 0.2) is 0 Å². The van der Waals surface area contributed by atoms with E-state index in [1.165, 1.54) is 61.3 Å². The van der Waals surface area contributed by atoms with Gasteiger partial charge in [-0.3, -0.25) is 0 Å². The van der Waals surface area contributed by atoms with Crippen molar-refractivity contribution >= 4 is 12.2 Å². The molecule has 4 aromatic rings. The van der Waals surface area contributed by atoms with Crippen LogP contribution in [0.25, 0.3) is 34.4 Å². The molecule has 0 aromatic heterocycles. The van der Waals surface area contributed by atoms with E-state index in [0.717, 1.165) is 33.4 Å². The number of alkyl halides is 6. The van der Waals surface area contributed by atoms with Gasteiger partial charge in [0.1, 0.15) is 0 Å². The van der Waals surface area contributed by atoms with E-state index >= 15 is 0 Å². The molecular formula is C43H42Cl2F6Hf. The number of allylic oxidation sites excluding steroid dienone is 2. The summed E-state index contributed by atoms with van der Waals surface area (Å²) in [7, 11) is 0. The van der Waals surface area contributed by atoms with Crippen LogP contribution in [0.15, 0.2) is 96.1 Å². The second-order valence-corrected chi connectivity index (χ2v) is 33.0. The maximum absolute atomic E-state index is 13.5. The molecule has 1 aliphatic heterocycles. The van der Waals surface area contributed by atoms with Crippen LogP contribution in [0.3, 0.4) is 0 Å². The molecule has 0 saturated carbocycles. The monoisotopic (exact) mass is 922 g/mol. The van der Waals surface area contributed by atoms with E-state index < -0.39 is 43.4 Å². The molecule has 52 heavy (non-hydrogen) atoms. The zero-order chi connectivity index (χ0) is 36.0. The molecule has 9 heteroatoms. The van der Waals surface area contributed by atoms with Crippen LogP contribution in [0.4, 0.5) is 26.3 Å². The zero-order valence-corrected chi connectivity index (χ0v) is 35.1. The van der Waals surface area contributed by atoms with Gasteiger partial charge in [-0.2, -0.15) is 0 Å². The molecular weight excluding hydrogens is 880 g/mol. The van der Waals surface area contributed by atoms with Crippen molar-refractivity contribution in [3.8, 4) is 22.3 Å². The second-order valence-electron chi connectivity index (χ2n) is 16.4. The predicted octanol–water partition coefficient (Wildman–Crippen LogP) is 8.13. The largest absolute Gasteiger partial charge is 1.00 e. The minimum atomic E-state index is -4.39. The Morgan fingerprint density at radius 3 is 1.12 bits per heavy atom. The topological polar surface area (TPSA) is 0 Å². The summed E-state index contributed by atoms with van der Waals surface area (Å²) in [6.07, 6.45) is -2.87. The molecule has 2 unspecified atom stereocenters. The van der Waals surface area contributed by atoms with E-state index in [1.54, 1.807) is 24.3 Å². The van der Waals surface area contributed by atoms with E-state index in [1.807, 2.05) is 12.1 Å². The standard InChI is InChI=1S/2C20H18F3.C3H6.2ClH.Hf/c2*1-19(2,3)16-11-14-5-4-6-17(18(14)12-16)13-7-9-15(10-8-13)20(21,22)23;1-3-2;;;/h2*4-12H,1-3H3;1-3H2;2*1H;/q;;;;;+2/p-2. The normalized spacial score (nSPS) is 18.8. The fourth-order valence-corrected chi connectivity index (χ4v) is 32.8. The van der Waals surface area contributed by atoms with Crippen molar-refractivity contribution in [1.29, 1.82) is 0 Å². The Morgan fingerprint density at radius 1 is 0.500 bits per heavy atom. The predicted molar refractivity (Wildman–Crippen MR) is 188 cm³/mol. The third-order valence-corrected chi connectivity index (χ3v) is 33.3. The minimum absolute atomic E-state index is 0. The van der Waals surface area contributed by atoms with Gasteiger partial charge in [-0.25, -0.2) is 0 Å². The van der Waals surface area contributed by atoms with Crippen molar-refractivity contribution < 1.29 is 71.1 Å². The van der Waals surface area contributed by atoms with Crippen LogP contribution in [0.5, 0.6) is 0 Å². The average molecular weight is 922 g/mol. The molecule has 0 nitrogen and oxygen atoms in total. The van der Waals surface area contributed by atoms with Crippen LogP contribution in [0.1, 0.15) is 88.7 Å². The fraction of sp³-hybridized carbons (Fsp3) is 0.349. The molecule has 1 saturated heterocycles. The number of hydrogen-bond acceptors (Lipinski definition) is 0. The SMILES string of the molecule is CC(C)(C)C1=Cc2c(-c3ccc(C(F)(F)F)cc3)cccc2[CH]1[Hf+2]1([CH]2C(C(C)(C)C)=Cc3c(-c4ccc(C(F)(F)F)cc4)cccc32)[CH2]C[CH2]1.[Cl-].[Cl-]. The summed E-state index contributed by atoms with van der Waals surface area (Å²) in [6.45, 7) is 13.7. The molecule has 0 bridgehead atoms. The summed E-state index contributed by atoms with van der Waals surface area (Å²) in [6, 6.07) is 23.8. The van der Waals surface area contributed by atoms with Gasteiger partial charge in [-0.15, -0.1) is 0 Å². The van der Waals surface area contributed by atoms with Crippen LogP contribution in [-0.4, -0.2) is 0 Å². The molecule has 4 aromatic carbocycles. The van der Waals surface area contributed by atoms with Crippen LogP contribution in [0, 0.1) is 10.8 Å². The van der Waals surface area contributed by atoms with Crippen molar-refractivity contribution in [3.05, 3.63) is 129 Å². The number of rotatable bonds is 4. The molecule has 2 atom stereocenters. The molecule has 3 aliphatic rings. The van der Waals surface area contributed by atoms with E-state index in [4.69, 9.17) is 0 Å². The molecule has 0 N–H and O–H groups in total. The fourth-order valence-electron chi connectivity index (χ4n) is 8.85. The van der Waals surface area contributed by atoms with E-state index in [2.05, 4.69) is 78.0 Å². The summed E-state index contributed by atoms with van der Waals surface area (Å²) < 4.78 is 83.8. The first-order chi connectivity index (χ1) is 23.3. The van der Waals surface area contributed by atoms with Gasteiger partial charge in [-0.1, -0.05) is 0 Å². The average Bonchev–Trinajstić information content (AvgIpc) is 3.61. The van der Waals surface area contributed by atoms with Gasteiger partial charge in [0.2, 0.25) is 0 Å². The smallest absolute Gasteiger partial charge is 1.00 e. The zero-order valence-electron chi connectivity index (χ0n) is 30.0. The number of hydrogen-bond donors (Lipinski definition) is 0. The maximum atomic E-state index is 13.5. The van der Waals surface area contributed by atoms with Crippen LogP contribution < -0.4 is 24.8 Å². The summed E-state index contributed by atoms with van der Waals surface area (Å²) >= 11 is -3.54. The van der Waals surface area contributed by atoms with Gasteiger partial charge in [-0.05, 0) is 0 Å². The number of benzene rings is 4. The molecule has 1 fully saturated rings. The first-order valence-electron chi connectivity index (χ1n) is 17.4. The summed E-state index contributed by atoms with van der Waals surface area (Å²) in [5.41, 5.74) is 9.67. The van der Waals surface area contributed by atoms with Crippen LogP contribution in [-0.2, 0) is 32.3 Å². The maximum Gasteiger partial charge on any atom is -1.00 e. The van der Waals surface area contributed by atoms with E-state index in [9.17, 15) is 26.3 Å². The van der Waals surface area contributed by atoms with Gasteiger partial charge in [0.05, 0.1) is 0 Å². The second kappa shape index (κ2) is 13.9. The van der Waals surface area contributed by atoms with Gasteiger partial charge in [0.25, 0.3) is 0 Å². The van der Waals surface area contributed by atoms with Crippen LogP contribution in [0.2, 0.25) is 8.35 Å². The minimum Gasteiger partial charge on any atom is -1.00 e. The van der Waals surface area contributed by atoms with Gasteiger partial charge < -0.3 is 24.8 Å². The Hall–Kier alpha value is -2.61. The van der Waals surface area contributed by atoms with Crippen molar-refractivity contribution in [2.45, 2.75) is 76.0 Å².